The number of aryl methyl sites for hydroxylation is 4. The molecule has 0 spiro atoms. The van der Waals surface area contributed by atoms with Crippen LogP contribution in [0.1, 0.15) is 21.8 Å². The third kappa shape index (κ3) is 1.96. The number of aromatic amines is 1. The van der Waals surface area contributed by atoms with E-state index < -0.39 is 0 Å². The van der Waals surface area contributed by atoms with Gasteiger partial charge in [0.25, 0.3) is 5.56 Å². The lowest BCUT2D eigenvalue weighted by Gasteiger charge is -2.05. The van der Waals surface area contributed by atoms with Crippen molar-refractivity contribution in [3.63, 3.8) is 0 Å². The van der Waals surface area contributed by atoms with Gasteiger partial charge in [0.2, 0.25) is 0 Å². The van der Waals surface area contributed by atoms with Crippen LogP contribution >= 0.6 is 11.3 Å². The van der Waals surface area contributed by atoms with Gasteiger partial charge < -0.3 is 4.98 Å². The van der Waals surface area contributed by atoms with E-state index in [1.165, 1.54) is 11.1 Å². The Morgan fingerprint density at radius 3 is 2.55 bits per heavy atom. The van der Waals surface area contributed by atoms with Crippen LogP contribution in [-0.4, -0.2) is 9.97 Å². The maximum atomic E-state index is 12.3. The molecule has 1 aromatic carbocycles. The fourth-order valence-electron chi connectivity index (χ4n) is 2.47. The van der Waals surface area contributed by atoms with E-state index in [4.69, 9.17) is 0 Å². The number of hydrogen-bond donors (Lipinski definition) is 1. The van der Waals surface area contributed by atoms with Gasteiger partial charge in [0.15, 0.2) is 0 Å². The van der Waals surface area contributed by atoms with Crippen molar-refractivity contribution in [3.05, 3.63) is 50.4 Å². The molecular formula is C16H16N2OS. The predicted octanol–water partition coefficient (Wildman–Crippen LogP) is 3.89. The van der Waals surface area contributed by atoms with Gasteiger partial charge in [-0.3, -0.25) is 4.79 Å². The average molecular weight is 284 g/mol. The maximum absolute atomic E-state index is 12.3. The molecule has 0 aliphatic rings. The van der Waals surface area contributed by atoms with E-state index in [9.17, 15) is 4.79 Å². The molecule has 0 bridgehead atoms. The third-order valence-electron chi connectivity index (χ3n) is 3.65. The Balaban J connectivity index is 2.38. The predicted molar refractivity (Wildman–Crippen MR) is 84.6 cm³/mol. The van der Waals surface area contributed by atoms with Crippen LogP contribution in [0.5, 0.6) is 0 Å². The molecule has 0 unspecified atom stereocenters. The van der Waals surface area contributed by atoms with Crippen LogP contribution in [0.15, 0.2) is 23.0 Å². The molecular weight excluding hydrogens is 268 g/mol. The normalized spacial score (nSPS) is 11.2. The Morgan fingerprint density at radius 1 is 1.10 bits per heavy atom. The summed E-state index contributed by atoms with van der Waals surface area (Å²) >= 11 is 1.58. The monoisotopic (exact) mass is 284 g/mol. The standard InChI is InChI=1S/C16H16N2OS/c1-8-5-6-12(7-9(8)2)13-10(3)20-16-14(13)15(19)17-11(4)18-16/h5-7H,1-4H3,(H,17,18,19). The van der Waals surface area contributed by atoms with Crippen LogP contribution < -0.4 is 5.56 Å². The largest absolute Gasteiger partial charge is 0.310 e. The lowest BCUT2D eigenvalue weighted by Crippen LogP contribution is -2.09. The van der Waals surface area contributed by atoms with Gasteiger partial charge in [-0.2, -0.15) is 0 Å². The second kappa shape index (κ2) is 4.56. The lowest BCUT2D eigenvalue weighted by molar-refractivity contribution is 1.07. The van der Waals surface area contributed by atoms with E-state index in [2.05, 4.69) is 42.0 Å². The quantitative estimate of drug-likeness (QED) is 0.737. The highest BCUT2D eigenvalue weighted by molar-refractivity contribution is 7.19. The molecule has 0 saturated heterocycles. The minimum absolute atomic E-state index is 0.0509. The molecule has 0 saturated carbocycles. The topological polar surface area (TPSA) is 45.8 Å². The highest BCUT2D eigenvalue weighted by Gasteiger charge is 2.16. The molecule has 2 aromatic heterocycles. The Hall–Kier alpha value is -1.94. The van der Waals surface area contributed by atoms with Crippen molar-refractivity contribution in [3.8, 4) is 11.1 Å². The third-order valence-corrected chi connectivity index (χ3v) is 4.65. The molecule has 3 nitrogen and oxygen atoms in total. The number of nitrogens with one attached hydrogen (secondary N) is 1. The summed E-state index contributed by atoms with van der Waals surface area (Å²) in [6, 6.07) is 6.32. The summed E-state index contributed by atoms with van der Waals surface area (Å²) in [4.78, 5) is 21.5. The first-order valence-corrected chi connectivity index (χ1v) is 7.36. The van der Waals surface area contributed by atoms with E-state index in [0.29, 0.717) is 11.2 Å². The second-order valence-corrected chi connectivity index (χ2v) is 6.37. The molecule has 102 valence electrons. The van der Waals surface area contributed by atoms with Gasteiger partial charge in [-0.05, 0) is 44.4 Å². The highest BCUT2D eigenvalue weighted by atomic mass is 32.1. The lowest BCUT2D eigenvalue weighted by atomic mass is 9.99. The minimum atomic E-state index is -0.0509. The molecule has 0 fully saturated rings. The van der Waals surface area contributed by atoms with Crippen molar-refractivity contribution in [2.24, 2.45) is 0 Å². The number of hydrogen-bond acceptors (Lipinski definition) is 3. The molecule has 0 aliphatic heterocycles. The van der Waals surface area contributed by atoms with E-state index in [1.807, 2.05) is 13.8 Å². The minimum Gasteiger partial charge on any atom is -0.310 e. The fraction of sp³-hybridized carbons (Fsp3) is 0.250. The molecule has 3 aromatic rings. The van der Waals surface area contributed by atoms with Crippen molar-refractivity contribution >= 4 is 21.6 Å². The van der Waals surface area contributed by atoms with Crippen LogP contribution in [0.2, 0.25) is 0 Å². The van der Waals surface area contributed by atoms with Gasteiger partial charge in [0, 0.05) is 10.4 Å². The molecule has 20 heavy (non-hydrogen) atoms. The van der Waals surface area contributed by atoms with Crippen LogP contribution in [0.25, 0.3) is 21.3 Å². The van der Waals surface area contributed by atoms with Crippen LogP contribution in [0, 0.1) is 27.7 Å². The smallest absolute Gasteiger partial charge is 0.260 e. The van der Waals surface area contributed by atoms with Gasteiger partial charge in [-0.25, -0.2) is 4.98 Å². The Kier molecular flexibility index (Phi) is 2.98. The Bertz CT molecular complexity index is 874. The molecule has 0 atom stereocenters. The second-order valence-electron chi connectivity index (χ2n) is 5.16. The number of rotatable bonds is 1. The highest BCUT2D eigenvalue weighted by Crippen LogP contribution is 2.36. The van der Waals surface area contributed by atoms with Crippen molar-refractivity contribution in [2.75, 3.05) is 0 Å². The Labute approximate surface area is 121 Å². The zero-order chi connectivity index (χ0) is 14.4. The van der Waals surface area contributed by atoms with Gasteiger partial charge in [0.1, 0.15) is 10.7 Å². The zero-order valence-corrected chi connectivity index (χ0v) is 12.8. The van der Waals surface area contributed by atoms with Gasteiger partial charge in [-0.1, -0.05) is 18.2 Å². The summed E-state index contributed by atoms with van der Waals surface area (Å²) in [7, 11) is 0. The Morgan fingerprint density at radius 2 is 1.85 bits per heavy atom. The van der Waals surface area contributed by atoms with Crippen LogP contribution in [0.4, 0.5) is 0 Å². The van der Waals surface area contributed by atoms with E-state index in [0.717, 1.165) is 20.8 Å². The first kappa shape index (κ1) is 13.1. The molecule has 1 N–H and O–H groups in total. The number of nitrogens with zero attached hydrogens (tertiary/aromatic N) is 1. The molecule has 0 amide bonds. The fourth-order valence-corrected chi connectivity index (χ4v) is 3.56. The summed E-state index contributed by atoms with van der Waals surface area (Å²) in [5, 5.41) is 0.710. The average Bonchev–Trinajstić information content (AvgIpc) is 2.69. The summed E-state index contributed by atoms with van der Waals surface area (Å²) in [6.45, 7) is 8.04. The number of aromatic nitrogens is 2. The number of benzene rings is 1. The van der Waals surface area contributed by atoms with Gasteiger partial charge >= 0.3 is 0 Å². The molecule has 0 radical (unpaired) electrons. The first-order chi connectivity index (χ1) is 9.47. The van der Waals surface area contributed by atoms with Crippen molar-refractivity contribution in [2.45, 2.75) is 27.7 Å². The van der Waals surface area contributed by atoms with Gasteiger partial charge in [-0.15, -0.1) is 11.3 Å². The first-order valence-electron chi connectivity index (χ1n) is 6.55. The number of fused-ring (bicyclic) bond motifs is 1. The zero-order valence-electron chi connectivity index (χ0n) is 12.0. The summed E-state index contributed by atoms with van der Waals surface area (Å²) < 4.78 is 0. The maximum Gasteiger partial charge on any atom is 0.260 e. The van der Waals surface area contributed by atoms with Crippen molar-refractivity contribution < 1.29 is 0 Å². The summed E-state index contributed by atoms with van der Waals surface area (Å²) in [6.07, 6.45) is 0. The van der Waals surface area contributed by atoms with Crippen molar-refractivity contribution in [1.82, 2.24) is 9.97 Å². The molecule has 4 heteroatoms. The summed E-state index contributed by atoms with van der Waals surface area (Å²) in [5.41, 5.74) is 4.55. The van der Waals surface area contributed by atoms with Crippen LogP contribution in [-0.2, 0) is 0 Å². The SMILES string of the molecule is Cc1nc2sc(C)c(-c3ccc(C)c(C)c3)c2c(=O)[nH]1. The van der Waals surface area contributed by atoms with Gasteiger partial charge in [0.05, 0.1) is 5.39 Å². The number of H-pyrrole nitrogens is 1. The molecule has 2 heterocycles. The molecule has 3 rings (SSSR count). The molecule has 0 aliphatic carbocycles. The van der Waals surface area contributed by atoms with Crippen molar-refractivity contribution in [1.29, 1.82) is 0 Å². The number of thiophene rings is 1. The van der Waals surface area contributed by atoms with E-state index in [-0.39, 0.29) is 5.56 Å². The van der Waals surface area contributed by atoms with Crippen LogP contribution in [0.3, 0.4) is 0 Å². The van der Waals surface area contributed by atoms with E-state index in [1.54, 1.807) is 11.3 Å². The summed E-state index contributed by atoms with van der Waals surface area (Å²) in [5.74, 6) is 0.662. The van der Waals surface area contributed by atoms with E-state index >= 15 is 0 Å².